The van der Waals surface area contributed by atoms with E-state index in [1.807, 2.05) is 11.6 Å². The Labute approximate surface area is 88.9 Å². The standard InChI is InChI=1S/C9H16ClN3O/c1-7(14)3-4-11-6-9-12-5-8(10)13(9)2/h5,7,11,14H,3-4,6H2,1-2H3. The van der Waals surface area contributed by atoms with Crippen LogP contribution in [0.3, 0.4) is 0 Å². The smallest absolute Gasteiger partial charge is 0.128 e. The van der Waals surface area contributed by atoms with Gasteiger partial charge in [0.2, 0.25) is 0 Å². The first-order chi connectivity index (χ1) is 6.61. The lowest BCUT2D eigenvalue weighted by atomic mass is 10.3. The van der Waals surface area contributed by atoms with Crippen LogP contribution >= 0.6 is 11.6 Å². The molecule has 2 N–H and O–H groups in total. The zero-order valence-corrected chi connectivity index (χ0v) is 9.25. The number of nitrogens with one attached hydrogen (secondary N) is 1. The highest BCUT2D eigenvalue weighted by Crippen LogP contribution is 2.08. The minimum Gasteiger partial charge on any atom is -0.393 e. The van der Waals surface area contributed by atoms with Gasteiger partial charge in [0.1, 0.15) is 11.0 Å². The SMILES string of the molecule is CC(O)CCNCc1ncc(Cl)n1C. The second kappa shape index (κ2) is 5.34. The minimum absolute atomic E-state index is 0.257. The van der Waals surface area contributed by atoms with Crippen molar-refractivity contribution < 1.29 is 5.11 Å². The van der Waals surface area contributed by atoms with E-state index in [0.717, 1.165) is 18.8 Å². The Balaban J connectivity index is 2.28. The van der Waals surface area contributed by atoms with E-state index >= 15 is 0 Å². The number of hydrogen-bond donors (Lipinski definition) is 2. The predicted molar refractivity (Wildman–Crippen MR) is 56.2 cm³/mol. The van der Waals surface area contributed by atoms with Crippen molar-refractivity contribution in [2.75, 3.05) is 6.54 Å². The number of aliphatic hydroxyl groups is 1. The van der Waals surface area contributed by atoms with Crippen molar-refractivity contribution in [1.82, 2.24) is 14.9 Å². The fourth-order valence-corrected chi connectivity index (χ4v) is 1.25. The summed E-state index contributed by atoms with van der Waals surface area (Å²) in [5, 5.41) is 12.8. The number of halogens is 1. The number of imidazole rings is 1. The van der Waals surface area contributed by atoms with E-state index in [1.165, 1.54) is 0 Å². The van der Waals surface area contributed by atoms with Crippen molar-refractivity contribution in [3.8, 4) is 0 Å². The Morgan fingerprint density at radius 1 is 1.71 bits per heavy atom. The Bertz CT molecular complexity index is 286. The molecule has 0 bridgehead atoms. The Kier molecular flexibility index (Phi) is 4.38. The van der Waals surface area contributed by atoms with Crippen LogP contribution in [0.5, 0.6) is 0 Å². The summed E-state index contributed by atoms with van der Waals surface area (Å²) < 4.78 is 1.83. The molecule has 1 unspecified atom stereocenters. The molecule has 1 aromatic heterocycles. The Hall–Kier alpha value is -0.580. The number of rotatable bonds is 5. The van der Waals surface area contributed by atoms with Gasteiger partial charge in [0.15, 0.2) is 0 Å². The van der Waals surface area contributed by atoms with Gasteiger partial charge in [0, 0.05) is 7.05 Å². The average molecular weight is 218 g/mol. The molecule has 0 aromatic carbocycles. The fourth-order valence-electron chi connectivity index (χ4n) is 1.10. The summed E-state index contributed by atoms with van der Waals surface area (Å²) in [6.07, 6.45) is 2.12. The summed E-state index contributed by atoms with van der Waals surface area (Å²) in [7, 11) is 1.88. The predicted octanol–water partition coefficient (Wildman–Crippen LogP) is 0.934. The molecule has 1 atom stereocenters. The Morgan fingerprint density at radius 2 is 2.43 bits per heavy atom. The second-order valence-corrected chi connectivity index (χ2v) is 3.76. The molecule has 0 fully saturated rings. The van der Waals surface area contributed by atoms with Gasteiger partial charge in [0.25, 0.3) is 0 Å². The summed E-state index contributed by atoms with van der Waals surface area (Å²) in [6.45, 7) is 3.23. The molecule has 0 aliphatic carbocycles. The molecular formula is C9H16ClN3O. The molecule has 0 spiro atoms. The molecule has 14 heavy (non-hydrogen) atoms. The van der Waals surface area contributed by atoms with Gasteiger partial charge in [-0.25, -0.2) is 4.98 Å². The summed E-state index contributed by atoms with van der Waals surface area (Å²) >= 11 is 5.83. The Morgan fingerprint density at radius 3 is 2.93 bits per heavy atom. The summed E-state index contributed by atoms with van der Waals surface area (Å²) in [5.74, 6) is 0.903. The maximum absolute atomic E-state index is 9.03. The first-order valence-electron chi connectivity index (χ1n) is 4.66. The summed E-state index contributed by atoms with van der Waals surface area (Å²) in [6, 6.07) is 0. The van der Waals surface area contributed by atoms with Crippen molar-refractivity contribution >= 4 is 11.6 Å². The highest BCUT2D eigenvalue weighted by atomic mass is 35.5. The molecular weight excluding hydrogens is 202 g/mol. The number of aromatic nitrogens is 2. The maximum atomic E-state index is 9.03. The number of aliphatic hydroxyl groups excluding tert-OH is 1. The van der Waals surface area contributed by atoms with E-state index in [-0.39, 0.29) is 6.10 Å². The molecule has 0 saturated carbocycles. The zero-order valence-electron chi connectivity index (χ0n) is 8.50. The third-order valence-electron chi connectivity index (χ3n) is 2.05. The minimum atomic E-state index is -0.257. The summed E-state index contributed by atoms with van der Waals surface area (Å²) in [5.41, 5.74) is 0. The number of hydrogen-bond acceptors (Lipinski definition) is 3. The fraction of sp³-hybridized carbons (Fsp3) is 0.667. The normalized spacial score (nSPS) is 13.1. The molecule has 1 heterocycles. The van der Waals surface area contributed by atoms with Crippen LogP contribution in [-0.2, 0) is 13.6 Å². The van der Waals surface area contributed by atoms with Gasteiger partial charge in [0.05, 0.1) is 18.8 Å². The van der Waals surface area contributed by atoms with Crippen LogP contribution < -0.4 is 5.32 Å². The van der Waals surface area contributed by atoms with Gasteiger partial charge in [-0.3, -0.25) is 0 Å². The average Bonchev–Trinajstić information content (AvgIpc) is 2.43. The molecule has 1 aromatic rings. The molecule has 0 radical (unpaired) electrons. The first kappa shape index (κ1) is 11.5. The molecule has 4 nitrogen and oxygen atoms in total. The van der Waals surface area contributed by atoms with E-state index < -0.39 is 0 Å². The van der Waals surface area contributed by atoms with E-state index in [0.29, 0.717) is 11.7 Å². The third kappa shape index (κ3) is 3.29. The van der Waals surface area contributed by atoms with Crippen LogP contribution in [-0.4, -0.2) is 27.3 Å². The van der Waals surface area contributed by atoms with E-state index in [2.05, 4.69) is 10.3 Å². The second-order valence-electron chi connectivity index (χ2n) is 3.37. The molecule has 80 valence electrons. The van der Waals surface area contributed by atoms with Crippen molar-refractivity contribution in [1.29, 1.82) is 0 Å². The van der Waals surface area contributed by atoms with E-state index in [4.69, 9.17) is 16.7 Å². The monoisotopic (exact) mass is 217 g/mol. The highest BCUT2D eigenvalue weighted by molar-refractivity contribution is 6.29. The van der Waals surface area contributed by atoms with E-state index in [1.54, 1.807) is 13.1 Å². The molecule has 0 saturated heterocycles. The highest BCUT2D eigenvalue weighted by Gasteiger charge is 2.03. The first-order valence-corrected chi connectivity index (χ1v) is 5.04. The van der Waals surface area contributed by atoms with Gasteiger partial charge in [-0.1, -0.05) is 11.6 Å². The van der Waals surface area contributed by atoms with Gasteiger partial charge in [-0.2, -0.15) is 0 Å². The molecule has 1 rings (SSSR count). The van der Waals surface area contributed by atoms with Gasteiger partial charge in [-0.05, 0) is 19.9 Å². The van der Waals surface area contributed by atoms with Crippen molar-refractivity contribution in [3.05, 3.63) is 17.2 Å². The number of nitrogens with zero attached hydrogens (tertiary/aromatic N) is 2. The van der Waals surface area contributed by atoms with Crippen LogP contribution in [0.1, 0.15) is 19.2 Å². The van der Waals surface area contributed by atoms with Crippen LogP contribution in [0.15, 0.2) is 6.20 Å². The zero-order chi connectivity index (χ0) is 10.6. The van der Waals surface area contributed by atoms with Crippen LogP contribution in [0.25, 0.3) is 0 Å². The molecule has 0 amide bonds. The van der Waals surface area contributed by atoms with Crippen LogP contribution in [0.4, 0.5) is 0 Å². The quantitative estimate of drug-likeness (QED) is 0.722. The molecule has 0 aliphatic rings. The summed E-state index contributed by atoms with van der Waals surface area (Å²) in [4.78, 5) is 4.14. The van der Waals surface area contributed by atoms with Gasteiger partial charge >= 0.3 is 0 Å². The van der Waals surface area contributed by atoms with Crippen molar-refractivity contribution in [3.63, 3.8) is 0 Å². The lowest BCUT2D eigenvalue weighted by molar-refractivity contribution is 0.183. The maximum Gasteiger partial charge on any atom is 0.128 e. The molecule has 5 heteroatoms. The topological polar surface area (TPSA) is 50.1 Å². The van der Waals surface area contributed by atoms with Crippen LogP contribution in [0, 0.1) is 0 Å². The van der Waals surface area contributed by atoms with Gasteiger partial charge in [-0.15, -0.1) is 0 Å². The largest absolute Gasteiger partial charge is 0.393 e. The van der Waals surface area contributed by atoms with E-state index in [9.17, 15) is 0 Å². The third-order valence-corrected chi connectivity index (χ3v) is 2.40. The van der Waals surface area contributed by atoms with Gasteiger partial charge < -0.3 is 15.0 Å². The van der Waals surface area contributed by atoms with Crippen molar-refractivity contribution in [2.45, 2.75) is 26.0 Å². The lowest BCUT2D eigenvalue weighted by Gasteiger charge is -2.06. The van der Waals surface area contributed by atoms with Crippen molar-refractivity contribution in [2.24, 2.45) is 7.05 Å². The van der Waals surface area contributed by atoms with Crippen LogP contribution in [0.2, 0.25) is 5.15 Å². The molecule has 0 aliphatic heterocycles. The lowest BCUT2D eigenvalue weighted by Crippen LogP contribution is -2.20.